The van der Waals surface area contributed by atoms with Gasteiger partial charge in [0.25, 0.3) is 0 Å². The number of halogens is 1. The molecule has 1 fully saturated rings. The highest BCUT2D eigenvalue weighted by atomic mass is 35.5. The van der Waals surface area contributed by atoms with Crippen molar-refractivity contribution in [3.8, 4) is 0 Å². The number of hydrogen-bond donors (Lipinski definition) is 1. The molecule has 0 saturated carbocycles. The van der Waals surface area contributed by atoms with Crippen molar-refractivity contribution in [2.75, 3.05) is 6.54 Å². The maximum atomic E-state index is 12.6. The minimum absolute atomic E-state index is 0.0517. The van der Waals surface area contributed by atoms with E-state index in [1.165, 1.54) is 0 Å². The van der Waals surface area contributed by atoms with Crippen LogP contribution in [0.15, 0.2) is 0 Å². The summed E-state index contributed by atoms with van der Waals surface area (Å²) in [6.07, 6.45) is 0. The van der Waals surface area contributed by atoms with E-state index >= 15 is 0 Å². The Labute approximate surface area is 129 Å². The van der Waals surface area contributed by atoms with E-state index in [-0.39, 0.29) is 23.8 Å². The molecular formula is C14H21ClN4O2. The second-order valence-corrected chi connectivity index (χ2v) is 6.90. The van der Waals surface area contributed by atoms with Crippen molar-refractivity contribution in [3.05, 3.63) is 16.4 Å². The van der Waals surface area contributed by atoms with Gasteiger partial charge in [-0.25, -0.2) is 0 Å². The SMILES string of the molecule is Cc1nn(C)c(Cl)c1CN1CC(=O)NC(C(C)(C)C)C1=O. The van der Waals surface area contributed by atoms with Gasteiger partial charge in [0.05, 0.1) is 18.8 Å². The van der Waals surface area contributed by atoms with E-state index in [1.807, 2.05) is 27.7 Å². The molecule has 1 N–H and O–H groups in total. The number of rotatable bonds is 2. The Morgan fingerprint density at radius 3 is 2.48 bits per heavy atom. The minimum atomic E-state index is -0.519. The summed E-state index contributed by atoms with van der Waals surface area (Å²) in [5.74, 6) is -0.228. The normalized spacial score (nSPS) is 19.9. The summed E-state index contributed by atoms with van der Waals surface area (Å²) < 4.78 is 1.57. The molecule has 21 heavy (non-hydrogen) atoms. The fourth-order valence-corrected chi connectivity index (χ4v) is 2.70. The number of piperazine rings is 1. The lowest BCUT2D eigenvalue weighted by atomic mass is 9.84. The van der Waals surface area contributed by atoms with Crippen molar-refractivity contribution in [2.24, 2.45) is 12.5 Å². The first-order valence-corrected chi connectivity index (χ1v) is 7.25. The molecule has 2 amide bonds. The predicted octanol–water partition coefficient (Wildman–Crippen LogP) is 1.26. The molecule has 1 aliphatic rings. The number of carbonyl (C=O) groups excluding carboxylic acids is 2. The van der Waals surface area contributed by atoms with Crippen LogP contribution in [0.1, 0.15) is 32.0 Å². The van der Waals surface area contributed by atoms with Crippen molar-refractivity contribution >= 4 is 23.4 Å². The van der Waals surface area contributed by atoms with Gasteiger partial charge in [0.1, 0.15) is 11.2 Å². The molecule has 1 aromatic heterocycles. The Bertz CT molecular complexity index is 589. The minimum Gasteiger partial charge on any atom is -0.342 e. The smallest absolute Gasteiger partial charge is 0.246 e. The number of aryl methyl sites for hydroxylation is 2. The average Bonchev–Trinajstić information content (AvgIpc) is 2.58. The van der Waals surface area contributed by atoms with Gasteiger partial charge in [-0.3, -0.25) is 14.3 Å². The Hall–Kier alpha value is -1.56. The van der Waals surface area contributed by atoms with Gasteiger partial charge >= 0.3 is 0 Å². The van der Waals surface area contributed by atoms with Gasteiger partial charge < -0.3 is 10.2 Å². The first-order chi connectivity index (χ1) is 9.61. The molecule has 0 bridgehead atoms. The second-order valence-electron chi connectivity index (χ2n) is 6.54. The number of nitrogens with zero attached hydrogens (tertiary/aromatic N) is 3. The molecular weight excluding hydrogens is 292 g/mol. The van der Waals surface area contributed by atoms with E-state index < -0.39 is 6.04 Å². The highest BCUT2D eigenvalue weighted by Gasteiger charge is 2.40. The fourth-order valence-electron chi connectivity index (χ4n) is 2.47. The van der Waals surface area contributed by atoms with Crippen LogP contribution in [0.25, 0.3) is 0 Å². The van der Waals surface area contributed by atoms with Gasteiger partial charge in [-0.2, -0.15) is 5.10 Å². The average molecular weight is 313 g/mol. The Morgan fingerprint density at radius 2 is 2.00 bits per heavy atom. The van der Waals surface area contributed by atoms with E-state index in [9.17, 15) is 9.59 Å². The molecule has 1 aliphatic heterocycles. The molecule has 7 heteroatoms. The molecule has 0 aliphatic carbocycles. The zero-order valence-electron chi connectivity index (χ0n) is 13.0. The molecule has 116 valence electrons. The maximum absolute atomic E-state index is 12.6. The van der Waals surface area contributed by atoms with Crippen LogP contribution in [0, 0.1) is 12.3 Å². The van der Waals surface area contributed by atoms with Crippen LogP contribution in [0.2, 0.25) is 5.15 Å². The number of aromatic nitrogens is 2. The third kappa shape index (κ3) is 3.05. The summed E-state index contributed by atoms with van der Waals surface area (Å²) in [4.78, 5) is 26.0. The summed E-state index contributed by atoms with van der Waals surface area (Å²) in [6, 6.07) is -0.519. The highest BCUT2D eigenvalue weighted by Crippen LogP contribution is 2.26. The van der Waals surface area contributed by atoms with Crippen molar-refractivity contribution < 1.29 is 9.59 Å². The lowest BCUT2D eigenvalue weighted by molar-refractivity contribution is -0.147. The fraction of sp³-hybridized carbons (Fsp3) is 0.643. The zero-order valence-corrected chi connectivity index (χ0v) is 13.8. The van der Waals surface area contributed by atoms with Crippen LogP contribution in [0.4, 0.5) is 0 Å². The van der Waals surface area contributed by atoms with Crippen molar-refractivity contribution in [1.82, 2.24) is 20.0 Å². The summed E-state index contributed by atoms with van der Waals surface area (Å²) in [5, 5.41) is 7.51. The molecule has 1 saturated heterocycles. The molecule has 2 heterocycles. The Morgan fingerprint density at radius 1 is 1.38 bits per heavy atom. The van der Waals surface area contributed by atoms with Gasteiger partial charge in [0.15, 0.2) is 0 Å². The molecule has 1 atom stereocenters. The van der Waals surface area contributed by atoms with E-state index in [2.05, 4.69) is 10.4 Å². The van der Waals surface area contributed by atoms with Crippen molar-refractivity contribution in [2.45, 2.75) is 40.3 Å². The monoisotopic (exact) mass is 312 g/mol. The van der Waals surface area contributed by atoms with Gasteiger partial charge in [-0.15, -0.1) is 0 Å². The number of nitrogens with one attached hydrogen (secondary N) is 1. The topological polar surface area (TPSA) is 67.2 Å². The number of carbonyl (C=O) groups is 2. The molecule has 1 unspecified atom stereocenters. The quantitative estimate of drug-likeness (QED) is 0.894. The van der Waals surface area contributed by atoms with Crippen LogP contribution in [0.5, 0.6) is 0 Å². The number of hydrogen-bond acceptors (Lipinski definition) is 3. The third-order valence-electron chi connectivity index (χ3n) is 3.68. The summed E-state index contributed by atoms with van der Waals surface area (Å²) in [6.45, 7) is 8.00. The highest BCUT2D eigenvalue weighted by molar-refractivity contribution is 6.30. The largest absolute Gasteiger partial charge is 0.342 e. The summed E-state index contributed by atoms with van der Waals surface area (Å²) in [7, 11) is 1.75. The zero-order chi connectivity index (χ0) is 15.9. The van der Waals surface area contributed by atoms with E-state index in [0.717, 1.165) is 11.3 Å². The number of amides is 2. The van der Waals surface area contributed by atoms with Crippen molar-refractivity contribution in [3.63, 3.8) is 0 Å². The van der Waals surface area contributed by atoms with E-state index in [4.69, 9.17) is 11.6 Å². The van der Waals surface area contributed by atoms with Crippen LogP contribution < -0.4 is 5.32 Å². The Balaban J connectivity index is 2.27. The van der Waals surface area contributed by atoms with Crippen molar-refractivity contribution in [1.29, 1.82) is 0 Å². The molecule has 2 rings (SSSR count). The first kappa shape index (κ1) is 15.8. The molecule has 0 radical (unpaired) electrons. The molecule has 0 aromatic carbocycles. The maximum Gasteiger partial charge on any atom is 0.246 e. The van der Waals surface area contributed by atoms with E-state index in [0.29, 0.717) is 11.7 Å². The lowest BCUT2D eigenvalue weighted by Gasteiger charge is -2.38. The van der Waals surface area contributed by atoms with Crippen LogP contribution >= 0.6 is 11.6 Å². The third-order valence-corrected chi connectivity index (χ3v) is 4.16. The van der Waals surface area contributed by atoms with Gasteiger partial charge in [-0.05, 0) is 12.3 Å². The summed E-state index contributed by atoms with van der Waals surface area (Å²) >= 11 is 6.21. The second kappa shape index (κ2) is 5.33. The van der Waals surface area contributed by atoms with Gasteiger partial charge in [0, 0.05) is 12.6 Å². The molecule has 6 nitrogen and oxygen atoms in total. The summed E-state index contributed by atoms with van der Waals surface area (Å²) in [5.41, 5.74) is 1.22. The predicted molar refractivity (Wildman–Crippen MR) is 79.8 cm³/mol. The van der Waals surface area contributed by atoms with Crippen LogP contribution in [-0.4, -0.2) is 39.1 Å². The van der Waals surface area contributed by atoms with Crippen LogP contribution in [0.3, 0.4) is 0 Å². The molecule has 0 spiro atoms. The Kier molecular flexibility index (Phi) is 4.02. The first-order valence-electron chi connectivity index (χ1n) is 6.87. The molecule has 1 aromatic rings. The van der Waals surface area contributed by atoms with Gasteiger partial charge in [0.2, 0.25) is 11.8 Å². The standard InChI is InChI=1S/C14H21ClN4O2/c1-8-9(12(15)18(5)17-8)6-19-7-10(20)16-11(13(19)21)14(2,3)4/h11H,6-7H2,1-5H3,(H,16,20). The van der Waals surface area contributed by atoms with E-state index in [1.54, 1.807) is 16.6 Å². The van der Waals surface area contributed by atoms with Crippen LogP contribution in [-0.2, 0) is 23.2 Å². The van der Waals surface area contributed by atoms with Gasteiger partial charge in [-0.1, -0.05) is 32.4 Å². The lowest BCUT2D eigenvalue weighted by Crippen LogP contribution is -2.61.